The number of rotatable bonds is 1. The van der Waals surface area contributed by atoms with Gasteiger partial charge in [-0.1, -0.05) is 18.2 Å². The molecule has 1 aromatic heterocycles. The van der Waals surface area contributed by atoms with Gasteiger partial charge < -0.3 is 10.2 Å². The SMILES string of the molecule is N=C(N)c1coc2ccccc12. The lowest BCUT2D eigenvalue weighted by Crippen LogP contribution is -2.09. The van der Waals surface area contributed by atoms with Gasteiger partial charge in [-0.15, -0.1) is 0 Å². The maximum atomic E-state index is 7.25. The average molecular weight is 160 g/mol. The fourth-order valence-corrected chi connectivity index (χ4v) is 1.19. The third-order valence-electron chi connectivity index (χ3n) is 1.77. The van der Waals surface area contributed by atoms with Gasteiger partial charge in [0.25, 0.3) is 0 Å². The Hall–Kier alpha value is -1.77. The molecule has 0 fully saturated rings. The van der Waals surface area contributed by atoms with Crippen LogP contribution in [0.1, 0.15) is 5.56 Å². The van der Waals surface area contributed by atoms with Crippen molar-refractivity contribution in [1.29, 1.82) is 5.41 Å². The topological polar surface area (TPSA) is 63.0 Å². The predicted octanol–water partition coefficient (Wildman–Crippen LogP) is 1.72. The standard InChI is InChI=1S/C9H8N2O/c10-9(11)7-5-12-8-4-2-1-3-6(7)8/h1-5H,(H3,10,11). The van der Waals surface area contributed by atoms with E-state index in [0.29, 0.717) is 5.56 Å². The van der Waals surface area contributed by atoms with Crippen molar-refractivity contribution in [3.8, 4) is 0 Å². The van der Waals surface area contributed by atoms with Gasteiger partial charge in [-0.3, -0.25) is 5.41 Å². The summed E-state index contributed by atoms with van der Waals surface area (Å²) in [5.41, 5.74) is 6.77. The molecular formula is C9H8N2O. The van der Waals surface area contributed by atoms with Crippen LogP contribution in [0.5, 0.6) is 0 Å². The molecule has 60 valence electrons. The fraction of sp³-hybridized carbons (Fsp3) is 0. The first-order chi connectivity index (χ1) is 5.79. The van der Waals surface area contributed by atoms with Crippen LogP contribution in [0, 0.1) is 5.41 Å². The quantitative estimate of drug-likeness (QED) is 0.492. The minimum absolute atomic E-state index is 0.0416. The lowest BCUT2D eigenvalue weighted by Gasteiger charge is -1.91. The van der Waals surface area contributed by atoms with Gasteiger partial charge in [-0.05, 0) is 6.07 Å². The highest BCUT2D eigenvalue weighted by Gasteiger charge is 2.05. The molecule has 2 rings (SSSR count). The number of hydrogen-bond donors (Lipinski definition) is 2. The van der Waals surface area contributed by atoms with E-state index in [1.54, 1.807) is 0 Å². The molecule has 3 heteroatoms. The minimum atomic E-state index is 0.0416. The first-order valence-corrected chi connectivity index (χ1v) is 3.59. The molecule has 1 heterocycles. The third kappa shape index (κ3) is 0.871. The number of nitrogen functional groups attached to an aromatic ring is 1. The van der Waals surface area contributed by atoms with Crippen molar-refractivity contribution >= 4 is 16.8 Å². The van der Waals surface area contributed by atoms with Crippen molar-refractivity contribution in [2.45, 2.75) is 0 Å². The van der Waals surface area contributed by atoms with Crippen LogP contribution in [-0.2, 0) is 0 Å². The van der Waals surface area contributed by atoms with Crippen molar-refractivity contribution in [3.63, 3.8) is 0 Å². The average Bonchev–Trinajstić information content (AvgIpc) is 2.47. The Morgan fingerprint density at radius 1 is 1.33 bits per heavy atom. The van der Waals surface area contributed by atoms with Crippen LogP contribution in [0.2, 0.25) is 0 Å². The summed E-state index contributed by atoms with van der Waals surface area (Å²) in [6.07, 6.45) is 1.51. The number of nitrogens with one attached hydrogen (secondary N) is 1. The number of para-hydroxylation sites is 1. The van der Waals surface area contributed by atoms with Gasteiger partial charge >= 0.3 is 0 Å². The Labute approximate surface area is 69.3 Å². The summed E-state index contributed by atoms with van der Waals surface area (Å²) in [6, 6.07) is 7.51. The highest BCUT2D eigenvalue weighted by Crippen LogP contribution is 2.19. The van der Waals surface area contributed by atoms with E-state index in [0.717, 1.165) is 11.0 Å². The second-order valence-corrected chi connectivity index (χ2v) is 2.56. The molecule has 0 aliphatic rings. The maximum Gasteiger partial charge on any atom is 0.134 e. The van der Waals surface area contributed by atoms with E-state index in [4.69, 9.17) is 15.6 Å². The Bertz CT molecular complexity index is 431. The van der Waals surface area contributed by atoms with Crippen molar-refractivity contribution < 1.29 is 4.42 Å². The highest BCUT2D eigenvalue weighted by atomic mass is 16.3. The summed E-state index contributed by atoms with van der Waals surface area (Å²) < 4.78 is 5.19. The molecule has 0 saturated carbocycles. The number of benzene rings is 1. The summed E-state index contributed by atoms with van der Waals surface area (Å²) in [5, 5.41) is 8.15. The van der Waals surface area contributed by atoms with Crippen LogP contribution >= 0.6 is 0 Å². The first-order valence-electron chi connectivity index (χ1n) is 3.59. The van der Waals surface area contributed by atoms with E-state index < -0.39 is 0 Å². The first kappa shape index (κ1) is 6.91. The fourth-order valence-electron chi connectivity index (χ4n) is 1.19. The number of amidine groups is 1. The molecule has 3 N–H and O–H groups in total. The zero-order chi connectivity index (χ0) is 8.55. The Kier molecular flexibility index (Phi) is 1.37. The second kappa shape index (κ2) is 2.37. The van der Waals surface area contributed by atoms with Gasteiger partial charge in [0.15, 0.2) is 0 Å². The van der Waals surface area contributed by atoms with Crippen molar-refractivity contribution in [2.24, 2.45) is 5.73 Å². The van der Waals surface area contributed by atoms with Crippen molar-refractivity contribution in [2.75, 3.05) is 0 Å². The van der Waals surface area contributed by atoms with E-state index in [-0.39, 0.29) is 5.84 Å². The monoisotopic (exact) mass is 160 g/mol. The Morgan fingerprint density at radius 2 is 2.08 bits per heavy atom. The zero-order valence-electron chi connectivity index (χ0n) is 6.37. The molecule has 12 heavy (non-hydrogen) atoms. The van der Waals surface area contributed by atoms with Crippen LogP contribution in [0.4, 0.5) is 0 Å². The van der Waals surface area contributed by atoms with Crippen molar-refractivity contribution in [3.05, 3.63) is 36.1 Å². The molecule has 0 radical (unpaired) electrons. The largest absolute Gasteiger partial charge is 0.464 e. The molecule has 0 saturated heterocycles. The number of hydrogen-bond acceptors (Lipinski definition) is 2. The lowest BCUT2D eigenvalue weighted by atomic mass is 10.2. The van der Waals surface area contributed by atoms with Gasteiger partial charge in [0.2, 0.25) is 0 Å². The summed E-state index contributed by atoms with van der Waals surface area (Å²) in [4.78, 5) is 0. The smallest absolute Gasteiger partial charge is 0.134 e. The third-order valence-corrected chi connectivity index (χ3v) is 1.77. The van der Waals surface area contributed by atoms with E-state index in [2.05, 4.69) is 0 Å². The predicted molar refractivity (Wildman–Crippen MR) is 47.2 cm³/mol. The van der Waals surface area contributed by atoms with Gasteiger partial charge in [0, 0.05) is 5.39 Å². The van der Waals surface area contributed by atoms with E-state index >= 15 is 0 Å². The molecule has 0 bridgehead atoms. The van der Waals surface area contributed by atoms with Crippen molar-refractivity contribution in [1.82, 2.24) is 0 Å². The van der Waals surface area contributed by atoms with Crippen LogP contribution < -0.4 is 5.73 Å². The second-order valence-electron chi connectivity index (χ2n) is 2.56. The van der Waals surface area contributed by atoms with Gasteiger partial charge in [0.05, 0.1) is 5.56 Å². The van der Waals surface area contributed by atoms with Crippen LogP contribution in [0.3, 0.4) is 0 Å². The number of nitrogens with two attached hydrogens (primary N) is 1. The van der Waals surface area contributed by atoms with E-state index in [9.17, 15) is 0 Å². The molecule has 2 aromatic rings. The molecule has 3 nitrogen and oxygen atoms in total. The summed E-state index contributed by atoms with van der Waals surface area (Å²) in [6.45, 7) is 0. The highest BCUT2D eigenvalue weighted by molar-refractivity contribution is 6.06. The number of fused-ring (bicyclic) bond motifs is 1. The summed E-state index contributed by atoms with van der Waals surface area (Å²) >= 11 is 0. The Balaban J connectivity index is 2.79. The normalized spacial score (nSPS) is 10.3. The zero-order valence-corrected chi connectivity index (χ0v) is 6.37. The minimum Gasteiger partial charge on any atom is -0.464 e. The Morgan fingerprint density at radius 3 is 2.83 bits per heavy atom. The summed E-state index contributed by atoms with van der Waals surface area (Å²) in [7, 11) is 0. The summed E-state index contributed by atoms with van der Waals surface area (Å²) in [5.74, 6) is 0.0416. The molecule has 0 spiro atoms. The van der Waals surface area contributed by atoms with E-state index in [1.807, 2.05) is 24.3 Å². The number of furan rings is 1. The molecule has 0 amide bonds. The maximum absolute atomic E-state index is 7.25. The molecule has 0 atom stereocenters. The lowest BCUT2D eigenvalue weighted by molar-refractivity contribution is 0.615. The van der Waals surface area contributed by atoms with Gasteiger partial charge in [-0.2, -0.15) is 0 Å². The van der Waals surface area contributed by atoms with Gasteiger partial charge in [0.1, 0.15) is 17.7 Å². The molecule has 0 aliphatic carbocycles. The van der Waals surface area contributed by atoms with Crippen LogP contribution in [0.25, 0.3) is 11.0 Å². The molecular weight excluding hydrogens is 152 g/mol. The molecule has 0 unspecified atom stereocenters. The molecule has 0 aliphatic heterocycles. The molecule has 1 aromatic carbocycles. The van der Waals surface area contributed by atoms with Gasteiger partial charge in [-0.25, -0.2) is 0 Å². The van der Waals surface area contributed by atoms with E-state index in [1.165, 1.54) is 6.26 Å². The van der Waals surface area contributed by atoms with Crippen LogP contribution in [0.15, 0.2) is 34.9 Å². The van der Waals surface area contributed by atoms with Crippen LogP contribution in [-0.4, -0.2) is 5.84 Å².